The zero-order valence-corrected chi connectivity index (χ0v) is 16.0. The number of benzene rings is 1. The summed E-state index contributed by atoms with van der Waals surface area (Å²) in [7, 11) is 1.85. The standard InChI is InChI=1S/C21H21FN6O/c1-27(18-7-10-25-20-16(18)6-9-24-20)19-13-28(11-8-17(19)22)21(29)26-15-4-2-14(12-23)3-5-15/h2-7,9-10,17,19H,8,11,13H2,1H3,(H,24,25)(H,26,29)/t17-,19?/m1/s1. The van der Waals surface area contributed by atoms with Gasteiger partial charge in [-0.1, -0.05) is 0 Å². The number of alkyl halides is 1. The fourth-order valence-corrected chi connectivity index (χ4v) is 3.72. The van der Waals surface area contributed by atoms with Gasteiger partial charge in [0.25, 0.3) is 0 Å². The number of pyridine rings is 1. The lowest BCUT2D eigenvalue weighted by molar-refractivity contribution is 0.141. The number of nitriles is 1. The molecule has 1 fully saturated rings. The number of likely N-dealkylation sites (N-methyl/N-ethyl adjacent to an activating group) is 1. The second kappa shape index (κ2) is 7.80. The molecule has 3 aromatic rings. The number of hydrogen-bond acceptors (Lipinski definition) is 4. The third-order valence-corrected chi connectivity index (χ3v) is 5.37. The van der Waals surface area contributed by atoms with Crippen LogP contribution in [0.2, 0.25) is 0 Å². The number of H-pyrrole nitrogens is 1. The van der Waals surface area contributed by atoms with Gasteiger partial charge in [0, 0.05) is 49.3 Å². The van der Waals surface area contributed by atoms with Crippen molar-refractivity contribution in [3.8, 4) is 6.07 Å². The number of anilines is 2. The zero-order chi connectivity index (χ0) is 20.4. The van der Waals surface area contributed by atoms with Crippen LogP contribution in [0.5, 0.6) is 0 Å². The van der Waals surface area contributed by atoms with E-state index >= 15 is 0 Å². The molecule has 1 aliphatic heterocycles. The van der Waals surface area contributed by atoms with Gasteiger partial charge in [-0.05, 0) is 42.8 Å². The van der Waals surface area contributed by atoms with Crippen LogP contribution in [0, 0.1) is 11.3 Å². The van der Waals surface area contributed by atoms with Crippen molar-refractivity contribution in [2.45, 2.75) is 18.6 Å². The number of nitrogens with one attached hydrogen (secondary N) is 2. The van der Waals surface area contributed by atoms with Crippen molar-refractivity contribution in [1.29, 1.82) is 5.26 Å². The van der Waals surface area contributed by atoms with Crippen LogP contribution in [-0.4, -0.2) is 53.2 Å². The molecule has 2 aromatic heterocycles. The molecule has 4 rings (SSSR count). The van der Waals surface area contributed by atoms with Crippen molar-refractivity contribution in [3.05, 3.63) is 54.4 Å². The van der Waals surface area contributed by atoms with Crippen molar-refractivity contribution in [2.24, 2.45) is 0 Å². The number of aromatic nitrogens is 2. The van der Waals surface area contributed by atoms with E-state index in [2.05, 4.69) is 15.3 Å². The van der Waals surface area contributed by atoms with E-state index < -0.39 is 12.2 Å². The van der Waals surface area contributed by atoms with E-state index in [4.69, 9.17) is 5.26 Å². The fraction of sp³-hybridized carbons (Fsp3) is 0.286. The molecule has 148 valence electrons. The maximum Gasteiger partial charge on any atom is 0.321 e. The Morgan fingerprint density at radius 3 is 2.90 bits per heavy atom. The minimum absolute atomic E-state index is 0.272. The molecule has 0 radical (unpaired) electrons. The van der Waals surface area contributed by atoms with Gasteiger partial charge in [0.05, 0.1) is 17.7 Å². The first-order chi connectivity index (χ1) is 14.1. The number of amides is 2. The van der Waals surface area contributed by atoms with E-state index in [1.54, 1.807) is 41.6 Å². The molecule has 2 amide bonds. The maximum atomic E-state index is 14.8. The Morgan fingerprint density at radius 2 is 2.14 bits per heavy atom. The summed E-state index contributed by atoms with van der Waals surface area (Å²) in [4.78, 5) is 23.6. The number of urea groups is 1. The first kappa shape index (κ1) is 18.7. The summed E-state index contributed by atoms with van der Waals surface area (Å²) >= 11 is 0. The van der Waals surface area contributed by atoms with Gasteiger partial charge in [-0.3, -0.25) is 0 Å². The predicted octanol–water partition coefficient (Wildman–Crippen LogP) is 3.52. The number of hydrogen-bond donors (Lipinski definition) is 2. The highest BCUT2D eigenvalue weighted by Gasteiger charge is 2.35. The predicted molar refractivity (Wildman–Crippen MR) is 110 cm³/mol. The summed E-state index contributed by atoms with van der Waals surface area (Å²) in [5, 5.41) is 12.6. The molecular weight excluding hydrogens is 371 g/mol. The SMILES string of the molecule is CN(c1ccnc2[nH]ccc12)C1CN(C(=O)Nc2ccc(C#N)cc2)CC[C@H]1F. The normalized spacial score (nSPS) is 19.0. The number of aromatic amines is 1. The number of fused-ring (bicyclic) bond motifs is 1. The molecule has 1 aromatic carbocycles. The van der Waals surface area contributed by atoms with Crippen LogP contribution < -0.4 is 10.2 Å². The van der Waals surface area contributed by atoms with Crippen LogP contribution in [0.4, 0.5) is 20.6 Å². The third-order valence-electron chi connectivity index (χ3n) is 5.37. The summed E-state index contributed by atoms with van der Waals surface area (Å²) in [5.74, 6) is 0. The Labute approximate surface area is 167 Å². The molecule has 0 spiro atoms. The molecule has 8 heteroatoms. The van der Waals surface area contributed by atoms with Gasteiger partial charge in [-0.25, -0.2) is 14.2 Å². The summed E-state index contributed by atoms with van der Waals surface area (Å²) in [6.45, 7) is 0.623. The van der Waals surface area contributed by atoms with Gasteiger partial charge in [-0.15, -0.1) is 0 Å². The molecule has 7 nitrogen and oxygen atoms in total. The second-order valence-corrected chi connectivity index (χ2v) is 7.12. The van der Waals surface area contributed by atoms with Crippen molar-refractivity contribution < 1.29 is 9.18 Å². The van der Waals surface area contributed by atoms with Gasteiger partial charge >= 0.3 is 6.03 Å². The van der Waals surface area contributed by atoms with Gasteiger partial charge in [0.2, 0.25) is 0 Å². The Hall–Kier alpha value is -3.60. The van der Waals surface area contributed by atoms with Crippen LogP contribution in [0.1, 0.15) is 12.0 Å². The fourth-order valence-electron chi connectivity index (χ4n) is 3.72. The van der Waals surface area contributed by atoms with Gasteiger partial charge in [0.15, 0.2) is 0 Å². The minimum atomic E-state index is -1.04. The molecule has 2 atom stereocenters. The van der Waals surface area contributed by atoms with Crippen molar-refractivity contribution in [2.75, 3.05) is 30.4 Å². The van der Waals surface area contributed by atoms with Crippen LogP contribution in [-0.2, 0) is 0 Å². The molecule has 1 unspecified atom stereocenters. The number of likely N-dealkylation sites (tertiary alicyclic amines) is 1. The summed E-state index contributed by atoms with van der Waals surface area (Å²) in [6.07, 6.45) is 2.73. The topological polar surface area (TPSA) is 88.1 Å². The summed E-state index contributed by atoms with van der Waals surface area (Å²) in [5.41, 5.74) is 2.75. The van der Waals surface area contributed by atoms with Crippen LogP contribution in [0.15, 0.2) is 48.8 Å². The summed E-state index contributed by atoms with van der Waals surface area (Å²) in [6, 6.07) is 11.7. The lowest BCUT2D eigenvalue weighted by atomic mass is 10.0. The smallest absolute Gasteiger partial charge is 0.321 e. The molecule has 0 aliphatic carbocycles. The first-order valence-electron chi connectivity index (χ1n) is 9.42. The molecule has 1 saturated heterocycles. The van der Waals surface area contributed by atoms with Crippen LogP contribution >= 0.6 is 0 Å². The van der Waals surface area contributed by atoms with Crippen LogP contribution in [0.25, 0.3) is 11.0 Å². The molecule has 0 bridgehead atoms. The van der Waals surface area contributed by atoms with Crippen LogP contribution in [0.3, 0.4) is 0 Å². The van der Waals surface area contributed by atoms with E-state index in [-0.39, 0.29) is 19.0 Å². The lowest BCUT2D eigenvalue weighted by Gasteiger charge is -2.40. The molecular formula is C21H21FN6O. The number of piperidine rings is 1. The third kappa shape index (κ3) is 3.72. The second-order valence-electron chi connectivity index (χ2n) is 7.12. The lowest BCUT2D eigenvalue weighted by Crippen LogP contribution is -2.55. The monoisotopic (exact) mass is 392 g/mol. The average Bonchev–Trinajstić information content (AvgIpc) is 3.23. The van der Waals surface area contributed by atoms with E-state index in [9.17, 15) is 9.18 Å². The van der Waals surface area contributed by atoms with E-state index in [0.717, 1.165) is 16.7 Å². The highest BCUT2D eigenvalue weighted by molar-refractivity contribution is 5.91. The van der Waals surface area contributed by atoms with E-state index in [1.165, 1.54) is 0 Å². The van der Waals surface area contributed by atoms with Crippen molar-refractivity contribution >= 4 is 28.4 Å². The quantitative estimate of drug-likeness (QED) is 0.714. The Kier molecular flexibility index (Phi) is 5.04. The molecule has 3 heterocycles. The number of rotatable bonds is 3. The molecule has 0 saturated carbocycles. The summed E-state index contributed by atoms with van der Waals surface area (Å²) < 4.78 is 14.8. The minimum Gasteiger partial charge on any atom is -0.366 e. The van der Waals surface area contributed by atoms with E-state index in [0.29, 0.717) is 17.8 Å². The Morgan fingerprint density at radius 1 is 1.34 bits per heavy atom. The Balaban J connectivity index is 1.49. The maximum absolute atomic E-state index is 14.8. The van der Waals surface area contributed by atoms with Crippen molar-refractivity contribution in [3.63, 3.8) is 0 Å². The average molecular weight is 392 g/mol. The highest BCUT2D eigenvalue weighted by Crippen LogP contribution is 2.29. The number of nitrogens with zero attached hydrogens (tertiary/aromatic N) is 4. The number of carbonyl (C=O) groups excluding carboxylic acids is 1. The number of halogens is 1. The van der Waals surface area contributed by atoms with Gasteiger partial charge in [-0.2, -0.15) is 5.26 Å². The molecule has 1 aliphatic rings. The molecule has 29 heavy (non-hydrogen) atoms. The largest absolute Gasteiger partial charge is 0.366 e. The van der Waals surface area contributed by atoms with Gasteiger partial charge < -0.3 is 20.1 Å². The molecule has 2 N–H and O–H groups in total. The van der Waals surface area contributed by atoms with Crippen molar-refractivity contribution in [1.82, 2.24) is 14.9 Å². The number of carbonyl (C=O) groups is 1. The zero-order valence-electron chi connectivity index (χ0n) is 16.0. The first-order valence-corrected chi connectivity index (χ1v) is 9.42. The van der Waals surface area contributed by atoms with Gasteiger partial charge in [0.1, 0.15) is 11.8 Å². The highest BCUT2D eigenvalue weighted by atomic mass is 19.1. The Bertz CT molecular complexity index is 1060. The van der Waals surface area contributed by atoms with E-state index in [1.807, 2.05) is 30.1 Å².